The van der Waals surface area contributed by atoms with Gasteiger partial charge in [-0.15, -0.1) is 0 Å². The van der Waals surface area contributed by atoms with Crippen molar-refractivity contribution in [2.45, 2.75) is 33.0 Å². The highest BCUT2D eigenvalue weighted by molar-refractivity contribution is 6.32. The molecule has 1 aliphatic carbocycles. The van der Waals surface area contributed by atoms with Crippen molar-refractivity contribution in [2.24, 2.45) is 16.6 Å². The number of nitrogens with two attached hydrogens (primary N) is 1. The molecule has 1 amide bonds. The van der Waals surface area contributed by atoms with Crippen LogP contribution in [-0.2, 0) is 4.79 Å². The summed E-state index contributed by atoms with van der Waals surface area (Å²) in [5.74, 6) is -0.174. The van der Waals surface area contributed by atoms with Gasteiger partial charge in [-0.3, -0.25) is 4.79 Å². The van der Waals surface area contributed by atoms with E-state index in [1.54, 1.807) is 0 Å². The summed E-state index contributed by atoms with van der Waals surface area (Å²) >= 11 is 0. The van der Waals surface area contributed by atoms with Gasteiger partial charge in [-0.25, -0.2) is 0 Å². The predicted molar refractivity (Wildman–Crippen MR) is 48.0 cm³/mol. The summed E-state index contributed by atoms with van der Waals surface area (Å²) < 4.78 is 0. The molecule has 11 heavy (non-hydrogen) atoms. The fourth-order valence-corrected chi connectivity index (χ4v) is 2.21. The van der Waals surface area contributed by atoms with Gasteiger partial charge >= 0.3 is 0 Å². The van der Waals surface area contributed by atoms with Crippen LogP contribution in [0, 0.1) is 10.8 Å². The fraction of sp³-hybridized carbons (Fsp3) is 0.875. The molecule has 2 nitrogen and oxygen atoms in total. The van der Waals surface area contributed by atoms with Gasteiger partial charge in [-0.2, -0.15) is 0 Å². The molecule has 62 valence electrons. The summed E-state index contributed by atoms with van der Waals surface area (Å²) in [6.07, 6.45) is 0. The lowest BCUT2D eigenvalue weighted by molar-refractivity contribution is -0.119. The Morgan fingerprint density at radius 2 is 1.45 bits per heavy atom. The van der Waals surface area contributed by atoms with Crippen molar-refractivity contribution in [1.82, 2.24) is 0 Å². The second-order valence-electron chi connectivity index (χ2n) is 4.74. The Morgan fingerprint density at radius 1 is 1.18 bits per heavy atom. The second-order valence-corrected chi connectivity index (χ2v) is 4.74. The minimum atomic E-state index is -0.319. The highest BCUT2D eigenvalue weighted by Crippen LogP contribution is 2.81. The Labute approximate surface area is 68.9 Å². The standard InChI is InChI=1S/C8H16BNO/c1-6(2)7(3,4)8(6,9)5(10)11/h9H2,1-4H3,(H2,10,11). The van der Waals surface area contributed by atoms with E-state index in [1.165, 1.54) is 0 Å². The van der Waals surface area contributed by atoms with Gasteiger partial charge in [-0.05, 0) is 10.8 Å². The van der Waals surface area contributed by atoms with Crippen LogP contribution in [0.1, 0.15) is 27.7 Å². The highest BCUT2D eigenvalue weighted by Gasteiger charge is 2.76. The summed E-state index contributed by atoms with van der Waals surface area (Å²) in [5, 5.41) is -0.319. The molecular formula is C8H16BNO. The number of primary amides is 1. The van der Waals surface area contributed by atoms with Crippen molar-refractivity contribution in [3.8, 4) is 0 Å². The van der Waals surface area contributed by atoms with Crippen molar-refractivity contribution in [3.63, 3.8) is 0 Å². The van der Waals surface area contributed by atoms with Gasteiger partial charge in [0.1, 0.15) is 7.85 Å². The third-order valence-electron chi connectivity index (χ3n) is 4.49. The molecule has 0 spiro atoms. The molecule has 1 aliphatic rings. The van der Waals surface area contributed by atoms with Crippen LogP contribution in [0.25, 0.3) is 0 Å². The first-order chi connectivity index (χ1) is 4.69. The van der Waals surface area contributed by atoms with E-state index < -0.39 is 0 Å². The van der Waals surface area contributed by atoms with E-state index in [2.05, 4.69) is 27.7 Å². The van der Waals surface area contributed by atoms with Crippen molar-refractivity contribution in [1.29, 1.82) is 0 Å². The van der Waals surface area contributed by atoms with Crippen molar-refractivity contribution in [2.75, 3.05) is 0 Å². The lowest BCUT2D eigenvalue weighted by Gasteiger charge is -2.08. The highest BCUT2D eigenvalue weighted by atomic mass is 16.1. The zero-order valence-electron chi connectivity index (χ0n) is 7.99. The number of hydrogen-bond acceptors (Lipinski definition) is 1. The van der Waals surface area contributed by atoms with Gasteiger partial charge in [0.25, 0.3) is 0 Å². The average molecular weight is 153 g/mol. The zero-order valence-corrected chi connectivity index (χ0v) is 7.99. The van der Waals surface area contributed by atoms with Gasteiger partial charge in [0, 0.05) is 5.31 Å². The molecule has 0 aromatic rings. The molecule has 0 bridgehead atoms. The van der Waals surface area contributed by atoms with Crippen LogP contribution in [0.5, 0.6) is 0 Å². The number of hydrogen-bond donors (Lipinski definition) is 1. The Hall–Kier alpha value is -0.465. The molecule has 1 rings (SSSR count). The molecule has 2 N–H and O–H groups in total. The molecule has 3 heteroatoms. The topological polar surface area (TPSA) is 43.1 Å². The van der Waals surface area contributed by atoms with E-state index in [4.69, 9.17) is 5.73 Å². The molecule has 0 aromatic carbocycles. The molecule has 1 saturated carbocycles. The minimum absolute atomic E-state index is 0.0475. The third kappa shape index (κ3) is 0.581. The average Bonchev–Trinajstić information content (AvgIpc) is 2.11. The van der Waals surface area contributed by atoms with Gasteiger partial charge in [0.2, 0.25) is 5.91 Å². The molecule has 0 aromatic heterocycles. The van der Waals surface area contributed by atoms with Crippen LogP contribution in [-0.4, -0.2) is 13.8 Å². The molecule has 0 saturated heterocycles. The first-order valence-electron chi connectivity index (χ1n) is 3.99. The van der Waals surface area contributed by atoms with Crippen LogP contribution in [0.3, 0.4) is 0 Å². The van der Waals surface area contributed by atoms with Crippen molar-refractivity contribution in [3.05, 3.63) is 0 Å². The van der Waals surface area contributed by atoms with E-state index in [9.17, 15) is 4.79 Å². The van der Waals surface area contributed by atoms with Crippen molar-refractivity contribution < 1.29 is 4.79 Å². The van der Waals surface area contributed by atoms with E-state index in [1.807, 2.05) is 7.85 Å². The largest absolute Gasteiger partial charge is 0.370 e. The summed E-state index contributed by atoms with van der Waals surface area (Å²) in [6.45, 7) is 8.38. The molecular weight excluding hydrogens is 137 g/mol. The normalized spacial score (nSPS) is 29.5. The third-order valence-corrected chi connectivity index (χ3v) is 4.49. The number of amides is 1. The Bertz CT molecular complexity index is 206. The van der Waals surface area contributed by atoms with Gasteiger partial charge in [-0.1, -0.05) is 27.7 Å². The number of carbonyl (C=O) groups excluding carboxylic acids is 1. The van der Waals surface area contributed by atoms with E-state index in [-0.39, 0.29) is 22.1 Å². The van der Waals surface area contributed by atoms with E-state index in [0.717, 1.165) is 0 Å². The zero-order chi connectivity index (χ0) is 9.08. The van der Waals surface area contributed by atoms with Crippen molar-refractivity contribution >= 4 is 13.8 Å². The van der Waals surface area contributed by atoms with Crippen LogP contribution in [0.2, 0.25) is 5.31 Å². The predicted octanol–water partition coefficient (Wildman–Crippen LogP) is 0.329. The first-order valence-corrected chi connectivity index (χ1v) is 3.99. The van der Waals surface area contributed by atoms with E-state index in [0.29, 0.717) is 0 Å². The van der Waals surface area contributed by atoms with Crippen LogP contribution < -0.4 is 5.73 Å². The Morgan fingerprint density at radius 3 is 1.45 bits per heavy atom. The number of carbonyl (C=O) groups is 1. The summed E-state index contributed by atoms with van der Waals surface area (Å²) in [6, 6.07) is 0. The maximum absolute atomic E-state index is 11.1. The van der Waals surface area contributed by atoms with Crippen LogP contribution in [0.4, 0.5) is 0 Å². The lowest BCUT2D eigenvalue weighted by Crippen LogP contribution is -2.24. The van der Waals surface area contributed by atoms with Gasteiger partial charge in [0.15, 0.2) is 0 Å². The maximum Gasteiger partial charge on any atom is 0.216 e. The smallest absolute Gasteiger partial charge is 0.216 e. The molecule has 0 heterocycles. The first kappa shape index (κ1) is 8.63. The molecule has 0 atom stereocenters. The minimum Gasteiger partial charge on any atom is -0.370 e. The fourth-order valence-electron chi connectivity index (χ4n) is 2.21. The summed E-state index contributed by atoms with van der Waals surface area (Å²) in [7, 11) is 1.95. The number of rotatable bonds is 1. The molecule has 1 fully saturated rings. The van der Waals surface area contributed by atoms with Gasteiger partial charge in [0.05, 0.1) is 0 Å². The SMILES string of the molecule is BC1(C(N)=O)C(C)(C)C1(C)C. The lowest BCUT2D eigenvalue weighted by atomic mass is 9.74. The summed E-state index contributed by atoms with van der Waals surface area (Å²) in [4.78, 5) is 11.1. The Balaban J connectivity index is 3.06. The quantitative estimate of drug-likeness (QED) is 0.542. The summed E-state index contributed by atoms with van der Waals surface area (Å²) in [5.41, 5.74) is 5.44. The van der Waals surface area contributed by atoms with E-state index >= 15 is 0 Å². The molecule has 0 radical (unpaired) electrons. The van der Waals surface area contributed by atoms with Crippen LogP contribution in [0.15, 0.2) is 0 Å². The maximum atomic E-state index is 11.1. The monoisotopic (exact) mass is 153 g/mol. The van der Waals surface area contributed by atoms with Gasteiger partial charge < -0.3 is 5.73 Å². The second kappa shape index (κ2) is 1.65. The Kier molecular flexibility index (Phi) is 1.29. The van der Waals surface area contributed by atoms with Crippen LogP contribution >= 0.6 is 0 Å². The molecule has 0 unspecified atom stereocenters. The molecule has 0 aliphatic heterocycles.